The Morgan fingerprint density at radius 1 is 1.40 bits per heavy atom. The van der Waals surface area contributed by atoms with E-state index in [2.05, 4.69) is 5.10 Å². The van der Waals surface area contributed by atoms with Gasteiger partial charge >= 0.3 is 0 Å². The summed E-state index contributed by atoms with van der Waals surface area (Å²) >= 11 is 1.59. The summed E-state index contributed by atoms with van der Waals surface area (Å²) in [6, 6.07) is 2.11. The Morgan fingerprint density at radius 3 is 2.96 bits per heavy atom. The first-order valence-corrected chi connectivity index (χ1v) is 10.7. The van der Waals surface area contributed by atoms with Crippen LogP contribution in [0.3, 0.4) is 0 Å². The average Bonchev–Trinajstić information content (AvgIpc) is 3.42. The summed E-state index contributed by atoms with van der Waals surface area (Å²) in [5.74, 6) is -0.0491. The van der Waals surface area contributed by atoms with Crippen molar-refractivity contribution in [1.82, 2.24) is 14.1 Å². The fourth-order valence-corrected chi connectivity index (χ4v) is 5.80. The molecule has 2 aromatic rings. The number of sulfonamides is 1. The molecule has 4 rings (SSSR count). The number of nitrogens with zero attached hydrogens (tertiary/aromatic N) is 3. The lowest BCUT2D eigenvalue weighted by Crippen LogP contribution is -2.29. The third-order valence-corrected chi connectivity index (χ3v) is 7.59. The molecular formula is C16H21N3O4S2. The summed E-state index contributed by atoms with van der Waals surface area (Å²) < 4.78 is 34.5. The van der Waals surface area contributed by atoms with Gasteiger partial charge in [0, 0.05) is 44.3 Å². The highest BCUT2D eigenvalue weighted by molar-refractivity contribution is 7.89. The third-order valence-electron chi connectivity index (χ3n) is 5.11. The smallest absolute Gasteiger partial charge is 0.246 e. The monoisotopic (exact) mass is 383 g/mol. The number of thiophene rings is 1. The minimum atomic E-state index is -3.61. The maximum Gasteiger partial charge on any atom is 0.246 e. The van der Waals surface area contributed by atoms with Crippen LogP contribution in [-0.2, 0) is 14.8 Å². The van der Waals surface area contributed by atoms with Crippen LogP contribution in [0.1, 0.15) is 23.9 Å². The Kier molecular flexibility index (Phi) is 4.67. The molecule has 0 bridgehead atoms. The van der Waals surface area contributed by atoms with Crippen molar-refractivity contribution in [1.29, 1.82) is 0 Å². The number of hydrogen-bond donors (Lipinski definition) is 1. The second kappa shape index (κ2) is 6.81. The van der Waals surface area contributed by atoms with Gasteiger partial charge in [0.05, 0.1) is 18.8 Å². The van der Waals surface area contributed by atoms with Gasteiger partial charge in [-0.2, -0.15) is 20.7 Å². The zero-order valence-corrected chi connectivity index (χ0v) is 15.3. The van der Waals surface area contributed by atoms with E-state index in [-0.39, 0.29) is 29.4 Å². The van der Waals surface area contributed by atoms with E-state index in [4.69, 9.17) is 4.74 Å². The zero-order valence-electron chi connectivity index (χ0n) is 13.7. The highest BCUT2D eigenvalue weighted by atomic mass is 32.2. The summed E-state index contributed by atoms with van der Waals surface area (Å²) in [7, 11) is -3.61. The van der Waals surface area contributed by atoms with Crippen LogP contribution < -0.4 is 0 Å². The lowest BCUT2D eigenvalue weighted by atomic mass is 9.92. The van der Waals surface area contributed by atoms with E-state index in [1.54, 1.807) is 22.2 Å². The van der Waals surface area contributed by atoms with Crippen LogP contribution in [0, 0.1) is 5.92 Å². The molecule has 0 amide bonds. The molecule has 4 heterocycles. The number of ether oxygens (including phenoxy) is 1. The van der Waals surface area contributed by atoms with Gasteiger partial charge in [0.15, 0.2) is 0 Å². The van der Waals surface area contributed by atoms with E-state index in [1.165, 1.54) is 10.5 Å². The second-order valence-electron chi connectivity index (χ2n) is 6.60. The third kappa shape index (κ3) is 3.15. The first-order valence-electron chi connectivity index (χ1n) is 8.34. The Hall–Kier alpha value is -1.26. The van der Waals surface area contributed by atoms with E-state index < -0.39 is 10.0 Å². The van der Waals surface area contributed by atoms with Crippen LogP contribution in [0.5, 0.6) is 0 Å². The van der Waals surface area contributed by atoms with Gasteiger partial charge in [0.1, 0.15) is 4.90 Å². The van der Waals surface area contributed by atoms with Crippen LogP contribution >= 0.6 is 11.3 Å². The molecule has 2 saturated heterocycles. The number of hydrogen-bond acceptors (Lipinski definition) is 6. The maximum absolute atomic E-state index is 13.0. The predicted molar refractivity (Wildman–Crippen MR) is 93.1 cm³/mol. The minimum Gasteiger partial charge on any atom is -0.396 e. The molecule has 136 valence electrons. The van der Waals surface area contributed by atoms with Crippen molar-refractivity contribution in [3.63, 3.8) is 0 Å². The van der Waals surface area contributed by atoms with Crippen molar-refractivity contribution >= 4 is 21.4 Å². The fraction of sp³-hybridized carbons (Fsp3) is 0.562. The van der Waals surface area contributed by atoms with E-state index >= 15 is 0 Å². The molecule has 2 aliphatic rings. The number of aromatic nitrogens is 2. The van der Waals surface area contributed by atoms with Gasteiger partial charge in [-0.3, -0.25) is 4.68 Å². The first-order chi connectivity index (χ1) is 12.1. The van der Waals surface area contributed by atoms with E-state index in [0.717, 1.165) is 12.0 Å². The Balaban J connectivity index is 1.56. The van der Waals surface area contributed by atoms with Gasteiger partial charge in [-0.25, -0.2) is 8.42 Å². The highest BCUT2D eigenvalue weighted by Gasteiger charge is 2.40. The van der Waals surface area contributed by atoms with Gasteiger partial charge in [0.2, 0.25) is 10.0 Å². The molecule has 0 aliphatic carbocycles. The molecular weight excluding hydrogens is 362 g/mol. The molecule has 0 aromatic carbocycles. The summed E-state index contributed by atoms with van der Waals surface area (Å²) in [6.07, 6.45) is 3.86. The van der Waals surface area contributed by atoms with Crippen molar-refractivity contribution in [2.45, 2.75) is 23.3 Å². The normalized spacial score (nSPS) is 28.0. The largest absolute Gasteiger partial charge is 0.396 e. The average molecular weight is 383 g/mol. The molecule has 0 saturated carbocycles. The van der Waals surface area contributed by atoms with Gasteiger partial charge in [-0.1, -0.05) is 0 Å². The number of aliphatic hydroxyl groups is 1. The molecule has 9 heteroatoms. The van der Waals surface area contributed by atoms with Crippen LogP contribution in [0.15, 0.2) is 34.1 Å². The summed E-state index contributed by atoms with van der Waals surface area (Å²) in [5.41, 5.74) is 1.10. The number of rotatable bonds is 5. The van der Waals surface area contributed by atoms with Crippen molar-refractivity contribution in [3.05, 3.63) is 34.8 Å². The van der Waals surface area contributed by atoms with Gasteiger partial charge < -0.3 is 9.84 Å². The Labute approximate surface area is 150 Å². The van der Waals surface area contributed by atoms with Gasteiger partial charge in [-0.05, 0) is 28.8 Å². The van der Waals surface area contributed by atoms with E-state index in [0.29, 0.717) is 26.3 Å². The molecule has 0 spiro atoms. The standard InChI is InChI=1S/C16H21N3O4S2/c20-9-13-6-18(8-16(13)12-2-4-24-11-12)25(21,22)15-5-17-19(7-15)14-1-3-23-10-14/h2,4-5,7,11,13-14,16,20H,1,3,6,8-10H2/t13-,14-,16-/m1/s1. The van der Waals surface area contributed by atoms with Crippen molar-refractivity contribution < 1.29 is 18.3 Å². The predicted octanol–water partition coefficient (Wildman–Crippen LogP) is 1.30. The lowest BCUT2D eigenvalue weighted by Gasteiger charge is -2.15. The van der Waals surface area contributed by atoms with Gasteiger partial charge in [-0.15, -0.1) is 0 Å². The van der Waals surface area contributed by atoms with Crippen molar-refractivity contribution in [2.24, 2.45) is 5.92 Å². The molecule has 1 N–H and O–H groups in total. The quantitative estimate of drug-likeness (QED) is 0.841. The zero-order chi connectivity index (χ0) is 17.4. The Morgan fingerprint density at radius 2 is 2.28 bits per heavy atom. The summed E-state index contributed by atoms with van der Waals surface area (Å²) in [4.78, 5) is 0.210. The van der Waals surface area contributed by atoms with E-state index in [1.807, 2.05) is 16.8 Å². The first kappa shape index (κ1) is 17.2. The SMILES string of the molecule is O=S(=O)(c1cnn([C@@H]2CCOC2)c1)N1C[C@H](CO)[C@@H](c2ccsc2)C1. The van der Waals surface area contributed by atoms with Crippen LogP contribution in [-0.4, -0.2) is 60.5 Å². The summed E-state index contributed by atoms with van der Waals surface area (Å²) in [5, 5.41) is 17.9. The molecule has 2 fully saturated rings. The van der Waals surface area contributed by atoms with Crippen LogP contribution in [0.4, 0.5) is 0 Å². The van der Waals surface area contributed by atoms with E-state index in [9.17, 15) is 13.5 Å². The molecule has 7 nitrogen and oxygen atoms in total. The molecule has 0 radical (unpaired) electrons. The van der Waals surface area contributed by atoms with Crippen molar-refractivity contribution in [2.75, 3.05) is 32.9 Å². The minimum absolute atomic E-state index is 0.0226. The lowest BCUT2D eigenvalue weighted by molar-refractivity contribution is 0.184. The number of aliphatic hydroxyl groups excluding tert-OH is 1. The topological polar surface area (TPSA) is 84.7 Å². The summed E-state index contributed by atoms with van der Waals surface area (Å²) in [6.45, 7) is 1.95. The van der Waals surface area contributed by atoms with Gasteiger partial charge in [0.25, 0.3) is 0 Å². The molecule has 25 heavy (non-hydrogen) atoms. The molecule has 2 aliphatic heterocycles. The second-order valence-corrected chi connectivity index (χ2v) is 9.32. The fourth-order valence-electron chi connectivity index (χ4n) is 3.61. The maximum atomic E-state index is 13.0. The van der Waals surface area contributed by atoms with Crippen molar-refractivity contribution in [3.8, 4) is 0 Å². The molecule has 2 aromatic heterocycles. The molecule has 3 atom stereocenters. The van der Waals surface area contributed by atoms with Crippen LogP contribution in [0.25, 0.3) is 0 Å². The Bertz CT molecular complexity index is 812. The molecule has 0 unspecified atom stereocenters. The van der Waals surface area contributed by atoms with Crippen LogP contribution in [0.2, 0.25) is 0 Å². The highest BCUT2D eigenvalue weighted by Crippen LogP contribution is 2.36.